The number of nitrogens with zero attached hydrogens (tertiary/aromatic N) is 1. The number of benzene rings is 1. The molecule has 1 fully saturated rings. The summed E-state index contributed by atoms with van der Waals surface area (Å²) in [6.07, 6.45) is 5.87. The van der Waals surface area contributed by atoms with Crippen LogP contribution in [0, 0.1) is 5.82 Å². The Morgan fingerprint density at radius 3 is 2.81 bits per heavy atom. The lowest BCUT2D eigenvalue weighted by Crippen LogP contribution is -2.10. The van der Waals surface area contributed by atoms with Crippen molar-refractivity contribution in [1.29, 1.82) is 0 Å². The van der Waals surface area contributed by atoms with Gasteiger partial charge in [0.15, 0.2) is 0 Å². The van der Waals surface area contributed by atoms with E-state index in [1.165, 1.54) is 24.3 Å². The summed E-state index contributed by atoms with van der Waals surface area (Å²) in [5.74, 6) is 0.0180. The molecule has 0 aliphatic heterocycles. The first-order valence-electron chi connectivity index (χ1n) is 5.33. The molecule has 0 atom stereocenters. The molecule has 2 rings (SSSR count). The van der Waals surface area contributed by atoms with E-state index in [0.29, 0.717) is 5.75 Å². The predicted octanol–water partition coefficient (Wildman–Crippen LogP) is 3.11. The number of hydrogen-bond acceptors (Lipinski definition) is 3. The zero-order valence-electron chi connectivity index (χ0n) is 8.78. The maximum absolute atomic E-state index is 12.9. The van der Waals surface area contributed by atoms with Crippen molar-refractivity contribution in [2.24, 2.45) is 4.99 Å². The van der Waals surface area contributed by atoms with Crippen molar-refractivity contribution in [3.05, 3.63) is 24.0 Å². The van der Waals surface area contributed by atoms with Gasteiger partial charge in [-0.2, -0.15) is 4.99 Å². The number of halogens is 1. The van der Waals surface area contributed by atoms with Gasteiger partial charge >= 0.3 is 0 Å². The average molecular weight is 221 g/mol. The fraction of sp³-hybridized carbons (Fsp3) is 0.417. The Labute approximate surface area is 93.0 Å². The van der Waals surface area contributed by atoms with E-state index in [1.807, 2.05) is 0 Å². The molecule has 3 nitrogen and oxygen atoms in total. The SMILES string of the molecule is O=C=Nc1cc(F)ccc1OC1CCCC1. The minimum absolute atomic E-state index is 0.158. The van der Waals surface area contributed by atoms with Gasteiger partial charge in [0.25, 0.3) is 0 Å². The second-order valence-electron chi connectivity index (χ2n) is 3.84. The van der Waals surface area contributed by atoms with Gasteiger partial charge < -0.3 is 4.74 Å². The first-order valence-corrected chi connectivity index (χ1v) is 5.33. The van der Waals surface area contributed by atoms with Crippen LogP contribution < -0.4 is 4.74 Å². The molecule has 1 aromatic rings. The number of aliphatic imine (C=N–C) groups is 1. The summed E-state index contributed by atoms with van der Waals surface area (Å²) in [6, 6.07) is 3.98. The monoisotopic (exact) mass is 221 g/mol. The number of carbonyl (C=O) groups excluding carboxylic acids is 1. The third kappa shape index (κ3) is 2.47. The molecule has 0 spiro atoms. The third-order valence-electron chi connectivity index (χ3n) is 2.68. The van der Waals surface area contributed by atoms with Crippen molar-refractivity contribution in [2.75, 3.05) is 0 Å². The van der Waals surface area contributed by atoms with Gasteiger partial charge in [-0.25, -0.2) is 9.18 Å². The van der Waals surface area contributed by atoms with Crippen molar-refractivity contribution < 1.29 is 13.9 Å². The zero-order chi connectivity index (χ0) is 11.4. The van der Waals surface area contributed by atoms with Gasteiger partial charge in [0.05, 0.1) is 6.10 Å². The fourth-order valence-corrected chi connectivity index (χ4v) is 1.91. The molecule has 84 valence electrons. The van der Waals surface area contributed by atoms with Gasteiger partial charge in [0.1, 0.15) is 17.3 Å². The summed E-state index contributed by atoms with van der Waals surface area (Å²) in [6.45, 7) is 0. The molecule has 0 unspecified atom stereocenters. The van der Waals surface area contributed by atoms with E-state index in [0.717, 1.165) is 25.7 Å². The van der Waals surface area contributed by atoms with E-state index in [-0.39, 0.29) is 11.8 Å². The molecule has 0 amide bonds. The largest absolute Gasteiger partial charge is 0.488 e. The second kappa shape index (κ2) is 4.90. The van der Waals surface area contributed by atoms with Crippen molar-refractivity contribution >= 4 is 11.8 Å². The van der Waals surface area contributed by atoms with Crippen molar-refractivity contribution in [3.63, 3.8) is 0 Å². The van der Waals surface area contributed by atoms with E-state index in [1.54, 1.807) is 0 Å². The van der Waals surface area contributed by atoms with E-state index in [9.17, 15) is 9.18 Å². The van der Waals surface area contributed by atoms with Crippen LogP contribution in [-0.2, 0) is 4.79 Å². The lowest BCUT2D eigenvalue weighted by Gasteiger charge is -2.14. The van der Waals surface area contributed by atoms with Crippen LogP contribution in [0.1, 0.15) is 25.7 Å². The molecule has 0 N–H and O–H groups in total. The molecule has 0 radical (unpaired) electrons. The summed E-state index contributed by atoms with van der Waals surface area (Å²) in [5.41, 5.74) is 0.210. The predicted molar refractivity (Wildman–Crippen MR) is 57.1 cm³/mol. The standard InChI is InChI=1S/C12H12FNO2/c13-9-5-6-12(11(7-9)14-8-15)16-10-3-1-2-4-10/h5-7,10H,1-4H2. The van der Waals surface area contributed by atoms with Gasteiger partial charge in [-0.05, 0) is 37.8 Å². The third-order valence-corrected chi connectivity index (χ3v) is 2.68. The highest BCUT2D eigenvalue weighted by Gasteiger charge is 2.18. The Bertz CT molecular complexity index is 421. The maximum atomic E-state index is 12.9. The molecule has 16 heavy (non-hydrogen) atoms. The van der Waals surface area contributed by atoms with Crippen LogP contribution in [0.4, 0.5) is 10.1 Å². The highest BCUT2D eigenvalue weighted by Crippen LogP contribution is 2.32. The molecule has 4 heteroatoms. The molecule has 0 aromatic heterocycles. The van der Waals surface area contributed by atoms with E-state index >= 15 is 0 Å². The van der Waals surface area contributed by atoms with Gasteiger partial charge in [-0.3, -0.25) is 0 Å². The lowest BCUT2D eigenvalue weighted by molar-refractivity contribution is 0.210. The Morgan fingerprint density at radius 2 is 2.12 bits per heavy atom. The number of hydrogen-bond donors (Lipinski definition) is 0. The molecule has 0 bridgehead atoms. The molecule has 0 saturated heterocycles. The molecule has 1 aliphatic rings. The van der Waals surface area contributed by atoms with Crippen LogP contribution in [0.5, 0.6) is 5.75 Å². The highest BCUT2D eigenvalue weighted by molar-refractivity contribution is 5.57. The minimum Gasteiger partial charge on any atom is -0.488 e. The Balaban J connectivity index is 2.21. The van der Waals surface area contributed by atoms with Crippen molar-refractivity contribution in [2.45, 2.75) is 31.8 Å². The molecule has 1 aliphatic carbocycles. The van der Waals surface area contributed by atoms with E-state index in [4.69, 9.17) is 4.74 Å². The van der Waals surface area contributed by atoms with E-state index < -0.39 is 5.82 Å². The van der Waals surface area contributed by atoms with Crippen LogP contribution in [0.15, 0.2) is 23.2 Å². The second-order valence-corrected chi connectivity index (χ2v) is 3.84. The summed E-state index contributed by atoms with van der Waals surface area (Å²) in [4.78, 5) is 13.6. The van der Waals surface area contributed by atoms with Crippen molar-refractivity contribution in [1.82, 2.24) is 0 Å². The van der Waals surface area contributed by atoms with Gasteiger partial charge in [-0.15, -0.1) is 0 Å². The quantitative estimate of drug-likeness (QED) is 0.581. The van der Waals surface area contributed by atoms with Crippen LogP contribution >= 0.6 is 0 Å². The van der Waals surface area contributed by atoms with E-state index in [2.05, 4.69) is 4.99 Å². The summed E-state index contributed by atoms with van der Waals surface area (Å²) in [7, 11) is 0. The number of isocyanates is 1. The first kappa shape index (κ1) is 10.8. The first-order chi connectivity index (χ1) is 7.79. The van der Waals surface area contributed by atoms with Crippen LogP contribution in [0.3, 0.4) is 0 Å². The summed E-state index contributed by atoms with van der Waals surface area (Å²) >= 11 is 0. The zero-order valence-corrected chi connectivity index (χ0v) is 8.78. The fourth-order valence-electron chi connectivity index (χ4n) is 1.91. The van der Waals surface area contributed by atoms with Gasteiger partial charge in [0, 0.05) is 6.07 Å². The summed E-state index contributed by atoms with van der Waals surface area (Å²) in [5, 5.41) is 0. The topological polar surface area (TPSA) is 38.7 Å². The van der Waals surface area contributed by atoms with Gasteiger partial charge in [-0.1, -0.05) is 0 Å². The Hall–Kier alpha value is -1.67. The molecular weight excluding hydrogens is 209 g/mol. The normalized spacial score (nSPS) is 15.8. The summed E-state index contributed by atoms with van der Waals surface area (Å²) < 4.78 is 18.6. The van der Waals surface area contributed by atoms with Crippen LogP contribution in [0.2, 0.25) is 0 Å². The molecular formula is C12H12FNO2. The Kier molecular flexibility index (Phi) is 3.32. The molecule has 0 heterocycles. The smallest absolute Gasteiger partial charge is 0.240 e. The molecule has 1 aromatic carbocycles. The van der Waals surface area contributed by atoms with Crippen molar-refractivity contribution in [3.8, 4) is 5.75 Å². The maximum Gasteiger partial charge on any atom is 0.240 e. The van der Waals surface area contributed by atoms with Gasteiger partial charge in [0.2, 0.25) is 6.08 Å². The number of ether oxygens (including phenoxy) is 1. The number of rotatable bonds is 3. The minimum atomic E-state index is -0.437. The highest BCUT2D eigenvalue weighted by atomic mass is 19.1. The Morgan fingerprint density at radius 1 is 1.38 bits per heavy atom. The molecule has 1 saturated carbocycles. The van der Waals surface area contributed by atoms with Crippen LogP contribution in [0.25, 0.3) is 0 Å². The lowest BCUT2D eigenvalue weighted by atomic mass is 10.2. The van der Waals surface area contributed by atoms with Crippen LogP contribution in [-0.4, -0.2) is 12.2 Å². The average Bonchev–Trinajstić information content (AvgIpc) is 2.75.